The van der Waals surface area contributed by atoms with Crippen molar-refractivity contribution in [2.45, 2.75) is 4.34 Å². The molecule has 0 radical (unpaired) electrons. The summed E-state index contributed by atoms with van der Waals surface area (Å²) in [6.07, 6.45) is 1.36. The van der Waals surface area contributed by atoms with Crippen LogP contribution in [-0.4, -0.2) is 20.9 Å². The molecule has 0 saturated heterocycles. The average Bonchev–Trinajstić information content (AvgIpc) is 2.79. The molecule has 0 unspecified atom stereocenters. The molecule has 2 aromatic rings. The first kappa shape index (κ1) is 12.1. The van der Waals surface area contributed by atoms with E-state index in [1.165, 1.54) is 12.4 Å². The Kier molecular flexibility index (Phi) is 3.80. The molecule has 0 saturated carbocycles. The number of Topliss-reactive ketones (excluding diaryl/α,β-unsaturated/α-hetero) is 1. The summed E-state index contributed by atoms with van der Waals surface area (Å²) < 4.78 is 30.9. The predicted octanol–water partition coefficient (Wildman–Crippen LogP) is 2.79. The summed E-state index contributed by atoms with van der Waals surface area (Å²) in [6, 6.07) is 3.34. The average molecular weight is 272 g/mol. The highest BCUT2D eigenvalue weighted by molar-refractivity contribution is 8.01. The van der Waals surface area contributed by atoms with Gasteiger partial charge in [0.05, 0.1) is 11.3 Å². The fraction of sp³-hybridized carbons (Fsp3) is 0.100. The molecule has 2 rings (SSSR count). The number of hydrogen-bond acceptors (Lipinski definition) is 5. The molecule has 17 heavy (non-hydrogen) atoms. The maximum absolute atomic E-state index is 13.3. The fourth-order valence-electron chi connectivity index (χ4n) is 1.19. The van der Waals surface area contributed by atoms with Crippen LogP contribution in [0, 0.1) is 11.6 Å². The van der Waals surface area contributed by atoms with Crippen LogP contribution < -0.4 is 0 Å². The third-order valence-electron chi connectivity index (χ3n) is 1.91. The van der Waals surface area contributed by atoms with E-state index in [1.54, 1.807) is 0 Å². The van der Waals surface area contributed by atoms with Crippen molar-refractivity contribution < 1.29 is 13.6 Å². The van der Waals surface area contributed by atoms with Gasteiger partial charge in [-0.3, -0.25) is 4.79 Å². The number of carbonyl (C=O) groups is 1. The quantitative estimate of drug-likeness (QED) is 0.634. The van der Waals surface area contributed by atoms with Gasteiger partial charge in [-0.1, -0.05) is 17.8 Å². The summed E-state index contributed by atoms with van der Waals surface area (Å²) in [5, 5.41) is 0. The second kappa shape index (κ2) is 5.33. The maximum Gasteiger partial charge on any atom is 0.179 e. The van der Waals surface area contributed by atoms with E-state index in [-0.39, 0.29) is 5.75 Å². The van der Waals surface area contributed by atoms with Crippen LogP contribution in [0.15, 0.2) is 28.9 Å². The van der Waals surface area contributed by atoms with Gasteiger partial charge in [0.2, 0.25) is 0 Å². The van der Waals surface area contributed by atoms with Gasteiger partial charge in [-0.2, -0.15) is 4.37 Å². The minimum atomic E-state index is -0.840. The highest BCUT2D eigenvalue weighted by atomic mass is 32.2. The second-order valence-electron chi connectivity index (χ2n) is 3.02. The van der Waals surface area contributed by atoms with Crippen LogP contribution in [0.4, 0.5) is 8.78 Å². The van der Waals surface area contributed by atoms with Crippen LogP contribution in [0.1, 0.15) is 10.4 Å². The Morgan fingerprint density at radius 1 is 1.35 bits per heavy atom. The molecule has 7 heteroatoms. The smallest absolute Gasteiger partial charge is 0.179 e. The summed E-state index contributed by atoms with van der Waals surface area (Å²) in [7, 11) is 0. The zero-order chi connectivity index (χ0) is 12.3. The van der Waals surface area contributed by atoms with Crippen LogP contribution in [-0.2, 0) is 0 Å². The van der Waals surface area contributed by atoms with Crippen LogP contribution in [0.3, 0.4) is 0 Å². The first-order valence-electron chi connectivity index (χ1n) is 4.55. The van der Waals surface area contributed by atoms with Crippen molar-refractivity contribution in [3.05, 3.63) is 41.7 Å². The number of nitrogens with zero attached hydrogens (tertiary/aromatic N) is 2. The summed E-state index contributed by atoms with van der Waals surface area (Å²) in [4.78, 5) is 15.5. The van der Waals surface area contributed by atoms with Gasteiger partial charge in [-0.05, 0) is 23.7 Å². The van der Waals surface area contributed by atoms with Gasteiger partial charge in [0.1, 0.15) is 18.0 Å². The molecule has 3 nitrogen and oxygen atoms in total. The Balaban J connectivity index is 2.10. The SMILES string of the molecule is O=C(CSc1ncns1)c1c(F)cccc1F. The van der Waals surface area contributed by atoms with Crippen molar-refractivity contribution in [3.63, 3.8) is 0 Å². The number of benzene rings is 1. The Morgan fingerprint density at radius 3 is 2.65 bits per heavy atom. The molecule has 1 heterocycles. The van der Waals surface area contributed by atoms with Crippen molar-refractivity contribution in [2.24, 2.45) is 0 Å². The van der Waals surface area contributed by atoms with E-state index < -0.39 is 23.0 Å². The molecular weight excluding hydrogens is 266 g/mol. The van der Waals surface area contributed by atoms with E-state index in [9.17, 15) is 13.6 Å². The topological polar surface area (TPSA) is 42.9 Å². The van der Waals surface area contributed by atoms with E-state index in [0.717, 1.165) is 35.4 Å². The predicted molar refractivity (Wildman–Crippen MR) is 61.3 cm³/mol. The molecule has 1 aromatic carbocycles. The summed E-state index contributed by atoms with van der Waals surface area (Å²) >= 11 is 2.24. The molecule has 88 valence electrons. The number of thioether (sulfide) groups is 1. The molecule has 1 aromatic heterocycles. The van der Waals surface area contributed by atoms with E-state index >= 15 is 0 Å². The third-order valence-corrected chi connectivity index (χ3v) is 3.71. The first-order chi connectivity index (χ1) is 8.18. The Labute approximate surface area is 104 Å². The molecule has 0 bridgehead atoms. The van der Waals surface area contributed by atoms with Crippen molar-refractivity contribution in [2.75, 3.05) is 5.75 Å². The maximum atomic E-state index is 13.3. The molecule has 0 amide bonds. The minimum Gasteiger partial charge on any atom is -0.293 e. The molecule has 0 N–H and O–H groups in total. The normalized spacial score (nSPS) is 10.5. The van der Waals surface area contributed by atoms with Gasteiger partial charge in [-0.25, -0.2) is 13.8 Å². The summed E-state index contributed by atoms with van der Waals surface area (Å²) in [5.41, 5.74) is -0.496. The van der Waals surface area contributed by atoms with Gasteiger partial charge >= 0.3 is 0 Å². The molecule has 0 atom stereocenters. The van der Waals surface area contributed by atoms with Crippen molar-refractivity contribution in [3.8, 4) is 0 Å². The fourth-order valence-corrected chi connectivity index (χ4v) is 2.51. The Hall–Kier alpha value is -1.34. The van der Waals surface area contributed by atoms with Crippen LogP contribution in [0.25, 0.3) is 0 Å². The summed E-state index contributed by atoms with van der Waals surface area (Å²) in [5.74, 6) is -2.34. The number of ketones is 1. The van der Waals surface area contributed by atoms with Crippen LogP contribution in [0.5, 0.6) is 0 Å². The first-order valence-corrected chi connectivity index (χ1v) is 6.31. The van der Waals surface area contributed by atoms with E-state index in [2.05, 4.69) is 9.36 Å². The number of carbonyl (C=O) groups excluding carboxylic acids is 1. The zero-order valence-corrected chi connectivity index (χ0v) is 10.0. The van der Waals surface area contributed by atoms with Gasteiger partial charge in [0.15, 0.2) is 10.1 Å². The van der Waals surface area contributed by atoms with E-state index in [0.29, 0.717) is 4.34 Å². The molecule has 0 spiro atoms. The molecule has 0 aliphatic rings. The largest absolute Gasteiger partial charge is 0.293 e. The Morgan fingerprint density at radius 2 is 2.06 bits per heavy atom. The number of hydrogen-bond donors (Lipinski definition) is 0. The van der Waals surface area contributed by atoms with Crippen molar-refractivity contribution >= 4 is 29.1 Å². The van der Waals surface area contributed by atoms with Crippen molar-refractivity contribution in [1.29, 1.82) is 0 Å². The van der Waals surface area contributed by atoms with E-state index in [1.807, 2.05) is 0 Å². The van der Waals surface area contributed by atoms with Crippen LogP contribution in [0.2, 0.25) is 0 Å². The van der Waals surface area contributed by atoms with Crippen LogP contribution >= 0.6 is 23.3 Å². The molecule has 0 aliphatic heterocycles. The van der Waals surface area contributed by atoms with E-state index in [4.69, 9.17) is 0 Å². The second-order valence-corrected chi connectivity index (χ2v) is 5.02. The van der Waals surface area contributed by atoms with Gasteiger partial charge in [0.25, 0.3) is 0 Å². The molecule has 0 aliphatic carbocycles. The van der Waals surface area contributed by atoms with Gasteiger partial charge in [0, 0.05) is 0 Å². The third kappa shape index (κ3) is 2.86. The zero-order valence-electron chi connectivity index (χ0n) is 8.39. The number of halogens is 2. The van der Waals surface area contributed by atoms with Gasteiger partial charge < -0.3 is 0 Å². The van der Waals surface area contributed by atoms with Crippen molar-refractivity contribution in [1.82, 2.24) is 9.36 Å². The number of aromatic nitrogens is 2. The number of rotatable bonds is 4. The summed E-state index contributed by atoms with van der Waals surface area (Å²) in [6.45, 7) is 0. The minimum absolute atomic E-state index is 0.0625. The highest BCUT2D eigenvalue weighted by Gasteiger charge is 2.17. The molecule has 0 fully saturated rings. The lowest BCUT2D eigenvalue weighted by atomic mass is 10.1. The highest BCUT2D eigenvalue weighted by Crippen LogP contribution is 2.21. The lowest BCUT2D eigenvalue weighted by Crippen LogP contribution is -2.08. The molecular formula is C10H6F2N2OS2. The van der Waals surface area contributed by atoms with Gasteiger partial charge in [-0.15, -0.1) is 0 Å². The lowest BCUT2D eigenvalue weighted by Gasteiger charge is -2.02. The standard InChI is InChI=1S/C10H6F2N2OS2/c11-6-2-1-3-7(12)9(6)8(15)4-16-10-13-5-14-17-10/h1-3,5H,4H2. The Bertz CT molecular complexity index is 511. The monoisotopic (exact) mass is 272 g/mol. The lowest BCUT2D eigenvalue weighted by molar-refractivity contribution is 0.101.